The molecule has 0 heterocycles. The molecule has 0 aliphatic carbocycles. The zero-order chi connectivity index (χ0) is 4.83. The molecule has 0 nitrogen and oxygen atoms in total. The summed E-state index contributed by atoms with van der Waals surface area (Å²) >= 11 is 0. The van der Waals surface area contributed by atoms with Crippen LogP contribution in [0.2, 0.25) is 0 Å². The average Bonchev–Trinajstić information content (AvgIpc) is 1.61. The van der Waals surface area contributed by atoms with Gasteiger partial charge in [-0.1, -0.05) is 26.2 Å². The molecule has 1 heteroatoms. The van der Waals surface area contributed by atoms with E-state index in [9.17, 15) is 0 Å². The number of hydrogen-bond acceptors (Lipinski definition) is 0. The Morgan fingerprint density at radius 1 is 1.50 bits per heavy atom. The van der Waals surface area contributed by atoms with E-state index in [0.717, 1.165) is 6.42 Å². The summed E-state index contributed by atoms with van der Waals surface area (Å²) in [4.78, 5) is 0. The number of allylic oxidation sites excluding steroid dienone is 1. The van der Waals surface area contributed by atoms with Crippen molar-refractivity contribution in [3.05, 3.63) is 20.1 Å². The van der Waals surface area contributed by atoms with Crippen LogP contribution in [0.1, 0.15) is 26.2 Å². The second-order valence-corrected chi connectivity index (χ2v) is 1.38. The van der Waals surface area contributed by atoms with Crippen molar-refractivity contribution < 1.29 is 17.1 Å². The largest absolute Gasteiger partial charge is 2.00 e. The average molecular weight is 162 g/mol. The summed E-state index contributed by atoms with van der Waals surface area (Å²) in [6.07, 6.45) is 5.25. The third-order valence-corrected chi connectivity index (χ3v) is 0.724. The van der Waals surface area contributed by atoms with Gasteiger partial charge in [0.1, 0.15) is 0 Å². The summed E-state index contributed by atoms with van der Waals surface area (Å²) < 4.78 is 0. The molecule has 0 aromatic rings. The minimum absolute atomic E-state index is 0. The predicted octanol–water partition coefficient (Wildman–Crippen LogP) is 2.61. The second kappa shape index (κ2) is 15.7. The minimum Gasteiger partial charge on any atom is -0.518 e. The molecule has 0 saturated carbocycles. The summed E-state index contributed by atoms with van der Waals surface area (Å²) in [6, 6.07) is 0. The molecule has 0 amide bonds. The fourth-order valence-electron chi connectivity index (χ4n) is 0.322. The maximum absolute atomic E-state index is 5.09. The van der Waals surface area contributed by atoms with Crippen molar-refractivity contribution in [3.8, 4) is 0 Å². The zero-order valence-corrected chi connectivity index (χ0v) is 6.52. The predicted molar refractivity (Wildman–Crippen MR) is 34.8 cm³/mol. The Bertz CT molecular complexity index is 33.4. The van der Waals surface area contributed by atoms with E-state index in [4.69, 9.17) is 6.58 Å². The van der Waals surface area contributed by atoms with Gasteiger partial charge in [0.2, 0.25) is 0 Å². The van der Waals surface area contributed by atoms with Crippen molar-refractivity contribution in [3.63, 3.8) is 0 Å². The smallest absolute Gasteiger partial charge is 0.518 e. The maximum Gasteiger partial charge on any atom is 2.00 e. The van der Waals surface area contributed by atoms with E-state index in [2.05, 4.69) is 6.92 Å². The monoisotopic (exact) mass is 161 g/mol. The molecule has 0 aliphatic rings. The van der Waals surface area contributed by atoms with Crippen molar-refractivity contribution in [2.45, 2.75) is 26.2 Å². The second-order valence-electron chi connectivity index (χ2n) is 1.38. The molecule has 0 bridgehead atoms. The van der Waals surface area contributed by atoms with Gasteiger partial charge in [0.25, 0.3) is 0 Å². The molecule has 0 unspecified atom stereocenters. The van der Waals surface area contributed by atoms with Gasteiger partial charge in [0.15, 0.2) is 0 Å². The molecular weight excluding hydrogens is 148 g/mol. The molecule has 0 rings (SSSR count). The summed E-state index contributed by atoms with van der Waals surface area (Å²) in [6.45, 7) is 7.25. The molecule has 8 heavy (non-hydrogen) atoms. The number of hydrogen-bond donors (Lipinski definition) is 0. The summed E-state index contributed by atoms with van der Waals surface area (Å²) in [5, 5.41) is 0. The molecule has 0 aromatic carbocycles. The molecule has 53 valence electrons. The van der Waals surface area contributed by atoms with Crippen molar-refractivity contribution in [2.75, 3.05) is 0 Å². The first-order valence-electron chi connectivity index (χ1n) is 2.45. The molecular formula is C7H14Cu. The Kier molecular flexibility index (Phi) is 30.8. The Hall–Kier alpha value is 0.259. The van der Waals surface area contributed by atoms with Gasteiger partial charge >= 0.3 is 17.1 Å². The van der Waals surface area contributed by atoms with Crippen LogP contribution < -0.4 is 0 Å². The Labute approximate surface area is 63.8 Å². The van der Waals surface area contributed by atoms with E-state index in [0.29, 0.717) is 0 Å². The van der Waals surface area contributed by atoms with Crippen molar-refractivity contribution in [2.24, 2.45) is 0 Å². The van der Waals surface area contributed by atoms with Crippen molar-refractivity contribution >= 4 is 0 Å². The molecule has 0 aromatic heterocycles. The maximum atomic E-state index is 5.09. The fraction of sp³-hybridized carbons (Fsp3) is 0.571. The van der Waals surface area contributed by atoms with Gasteiger partial charge in [-0.05, 0) is 0 Å². The first-order chi connectivity index (χ1) is 2.91. The van der Waals surface area contributed by atoms with Gasteiger partial charge in [-0.3, -0.25) is 6.08 Å². The summed E-state index contributed by atoms with van der Waals surface area (Å²) in [5.74, 6) is 0. The van der Waals surface area contributed by atoms with E-state index in [-0.39, 0.29) is 24.5 Å². The van der Waals surface area contributed by atoms with Crippen LogP contribution in [0.5, 0.6) is 0 Å². The Balaban J connectivity index is -0.000000125. The number of rotatable bonds is 3. The molecule has 0 aliphatic heterocycles. The van der Waals surface area contributed by atoms with E-state index >= 15 is 0 Å². The van der Waals surface area contributed by atoms with Gasteiger partial charge in [-0.2, -0.15) is 0 Å². The van der Waals surface area contributed by atoms with E-state index < -0.39 is 0 Å². The minimum atomic E-state index is 0. The van der Waals surface area contributed by atoms with Gasteiger partial charge in [0.05, 0.1) is 0 Å². The van der Waals surface area contributed by atoms with Crippen LogP contribution >= 0.6 is 0 Å². The first kappa shape index (κ1) is 15.7. The summed E-state index contributed by atoms with van der Waals surface area (Å²) in [7, 11) is 0. The van der Waals surface area contributed by atoms with Crippen LogP contribution in [-0.4, -0.2) is 0 Å². The topological polar surface area (TPSA) is 0 Å². The van der Waals surface area contributed by atoms with Crippen LogP contribution in [0.15, 0.2) is 6.08 Å². The Morgan fingerprint density at radius 3 is 2.12 bits per heavy atom. The SMILES string of the molecule is [CH-]=CCCCC.[CH3-].[Cu+2]. The van der Waals surface area contributed by atoms with Gasteiger partial charge in [0, 0.05) is 0 Å². The van der Waals surface area contributed by atoms with E-state index in [1.54, 1.807) is 6.08 Å². The number of unbranched alkanes of at least 4 members (excludes halogenated alkanes) is 2. The van der Waals surface area contributed by atoms with Gasteiger partial charge < -0.3 is 14.0 Å². The van der Waals surface area contributed by atoms with Crippen LogP contribution in [0.25, 0.3) is 0 Å². The molecule has 1 radical (unpaired) electrons. The van der Waals surface area contributed by atoms with Gasteiger partial charge in [-0.15, -0.1) is 0 Å². The zero-order valence-electron chi connectivity index (χ0n) is 5.58. The van der Waals surface area contributed by atoms with E-state index in [1.807, 2.05) is 0 Å². The molecule has 0 N–H and O–H groups in total. The van der Waals surface area contributed by atoms with Crippen LogP contribution in [0.4, 0.5) is 0 Å². The van der Waals surface area contributed by atoms with Gasteiger partial charge in [-0.25, -0.2) is 0 Å². The molecule has 0 spiro atoms. The normalized spacial score (nSPS) is 6.12. The molecule has 0 fully saturated rings. The van der Waals surface area contributed by atoms with Crippen molar-refractivity contribution in [1.29, 1.82) is 0 Å². The van der Waals surface area contributed by atoms with Crippen LogP contribution in [0.3, 0.4) is 0 Å². The quantitative estimate of drug-likeness (QED) is 0.339. The third kappa shape index (κ3) is 16.3. The summed E-state index contributed by atoms with van der Waals surface area (Å²) in [5.41, 5.74) is 0. The molecule has 0 atom stereocenters. The van der Waals surface area contributed by atoms with Crippen LogP contribution in [0, 0.1) is 14.0 Å². The molecule has 0 saturated heterocycles. The third-order valence-electron chi connectivity index (χ3n) is 0.724. The fourth-order valence-corrected chi connectivity index (χ4v) is 0.322. The Morgan fingerprint density at radius 2 is 2.00 bits per heavy atom. The standard InChI is InChI=1S/C6H11.CH3.Cu/c1-3-5-6-4-2;;/h1,3H,4-6H2,2H3;1H3;/q2*-1;+2. The van der Waals surface area contributed by atoms with Crippen LogP contribution in [-0.2, 0) is 17.1 Å². The van der Waals surface area contributed by atoms with Crippen molar-refractivity contribution in [1.82, 2.24) is 0 Å². The van der Waals surface area contributed by atoms with E-state index in [1.165, 1.54) is 12.8 Å². The first-order valence-corrected chi connectivity index (χ1v) is 2.45.